The third kappa shape index (κ3) is 6.81. The topological polar surface area (TPSA) is 41.1 Å². The van der Waals surface area contributed by atoms with Crippen LogP contribution in [0.1, 0.15) is 32.8 Å². The first-order chi connectivity index (χ1) is 8.78. The molecule has 5 heteroatoms. The van der Waals surface area contributed by atoms with Crippen LogP contribution in [0.25, 0.3) is 0 Å². The normalized spacial score (nSPS) is 11.4. The van der Waals surface area contributed by atoms with Crippen LogP contribution in [0.15, 0.2) is 18.2 Å². The Bertz CT molecular complexity index is 442. The Morgan fingerprint density at radius 3 is 2.58 bits per heavy atom. The van der Waals surface area contributed by atoms with E-state index in [2.05, 4.69) is 10.6 Å². The summed E-state index contributed by atoms with van der Waals surface area (Å²) in [6.45, 7) is 7.09. The molecule has 0 saturated heterocycles. The lowest BCUT2D eigenvalue weighted by molar-refractivity contribution is -0.122. The smallest absolute Gasteiger partial charge is 0.221 e. The van der Waals surface area contributed by atoms with Crippen LogP contribution in [-0.2, 0) is 11.3 Å². The molecular formula is C14H20Cl2N2O. The van der Waals surface area contributed by atoms with Crippen LogP contribution >= 0.6 is 23.2 Å². The van der Waals surface area contributed by atoms with Gasteiger partial charge in [-0.25, -0.2) is 0 Å². The summed E-state index contributed by atoms with van der Waals surface area (Å²) < 4.78 is 0. The number of nitrogens with one attached hydrogen (secondary N) is 2. The molecule has 106 valence electrons. The first kappa shape index (κ1) is 16.3. The average Bonchev–Trinajstić information content (AvgIpc) is 2.26. The lowest BCUT2D eigenvalue weighted by Crippen LogP contribution is -2.41. The van der Waals surface area contributed by atoms with E-state index in [1.165, 1.54) is 0 Å². The highest BCUT2D eigenvalue weighted by atomic mass is 35.5. The van der Waals surface area contributed by atoms with Gasteiger partial charge in [-0.2, -0.15) is 0 Å². The van der Waals surface area contributed by atoms with E-state index in [1.54, 1.807) is 12.1 Å². The molecule has 1 rings (SSSR count). The van der Waals surface area contributed by atoms with Gasteiger partial charge in [0, 0.05) is 35.1 Å². The number of carbonyl (C=O) groups is 1. The molecule has 0 saturated carbocycles. The van der Waals surface area contributed by atoms with Crippen molar-refractivity contribution in [2.45, 2.75) is 39.3 Å². The van der Waals surface area contributed by atoms with E-state index in [1.807, 2.05) is 26.8 Å². The Morgan fingerprint density at radius 1 is 1.26 bits per heavy atom. The monoisotopic (exact) mass is 302 g/mol. The second kappa shape index (κ2) is 7.13. The van der Waals surface area contributed by atoms with E-state index >= 15 is 0 Å². The fourth-order valence-electron chi connectivity index (χ4n) is 1.58. The minimum absolute atomic E-state index is 0.0391. The predicted molar refractivity (Wildman–Crippen MR) is 80.7 cm³/mol. The lowest BCUT2D eigenvalue weighted by Gasteiger charge is -2.20. The second-order valence-corrected chi connectivity index (χ2v) is 6.30. The van der Waals surface area contributed by atoms with Crippen LogP contribution in [0, 0.1) is 0 Å². The van der Waals surface area contributed by atoms with Gasteiger partial charge < -0.3 is 10.6 Å². The summed E-state index contributed by atoms with van der Waals surface area (Å²) >= 11 is 11.9. The Hall–Kier alpha value is -0.770. The quantitative estimate of drug-likeness (QED) is 0.819. The summed E-state index contributed by atoms with van der Waals surface area (Å²) in [5.74, 6) is 0.0391. The highest BCUT2D eigenvalue weighted by Crippen LogP contribution is 2.20. The molecule has 3 nitrogen and oxygen atoms in total. The molecule has 0 atom stereocenters. The molecule has 0 aliphatic carbocycles. The molecule has 1 amide bonds. The summed E-state index contributed by atoms with van der Waals surface area (Å²) in [7, 11) is 0. The van der Waals surface area contributed by atoms with Gasteiger partial charge in [-0.05, 0) is 44.5 Å². The first-order valence-corrected chi connectivity index (χ1v) is 6.99. The third-order valence-electron chi connectivity index (χ3n) is 2.37. The summed E-state index contributed by atoms with van der Waals surface area (Å²) in [5, 5.41) is 7.43. The number of benzene rings is 1. The number of amides is 1. The SMILES string of the molecule is CC(C)(C)NC(=O)CCNCc1cc(Cl)ccc1Cl. The van der Waals surface area contributed by atoms with Crippen LogP contribution in [0.4, 0.5) is 0 Å². The van der Waals surface area contributed by atoms with Gasteiger partial charge in [-0.1, -0.05) is 23.2 Å². The fourth-order valence-corrected chi connectivity index (χ4v) is 1.96. The average molecular weight is 303 g/mol. The van der Waals surface area contributed by atoms with Crippen LogP contribution in [-0.4, -0.2) is 18.0 Å². The van der Waals surface area contributed by atoms with Gasteiger partial charge in [0.25, 0.3) is 0 Å². The van der Waals surface area contributed by atoms with E-state index in [9.17, 15) is 4.79 Å². The van der Waals surface area contributed by atoms with Crippen molar-refractivity contribution in [1.29, 1.82) is 0 Å². The van der Waals surface area contributed by atoms with Crippen molar-refractivity contribution in [2.75, 3.05) is 6.54 Å². The van der Waals surface area contributed by atoms with Gasteiger partial charge >= 0.3 is 0 Å². The highest BCUT2D eigenvalue weighted by molar-refractivity contribution is 6.33. The molecule has 19 heavy (non-hydrogen) atoms. The Balaban J connectivity index is 2.31. The molecular weight excluding hydrogens is 283 g/mol. The van der Waals surface area contributed by atoms with Crippen molar-refractivity contribution in [3.05, 3.63) is 33.8 Å². The largest absolute Gasteiger partial charge is 0.351 e. The Morgan fingerprint density at radius 2 is 1.95 bits per heavy atom. The summed E-state index contributed by atoms with van der Waals surface area (Å²) in [6, 6.07) is 5.35. The lowest BCUT2D eigenvalue weighted by atomic mass is 10.1. The number of hydrogen-bond donors (Lipinski definition) is 2. The van der Waals surface area contributed by atoms with Crippen molar-refractivity contribution in [1.82, 2.24) is 10.6 Å². The number of carbonyl (C=O) groups excluding carboxylic acids is 1. The summed E-state index contributed by atoms with van der Waals surface area (Å²) in [6.07, 6.45) is 0.440. The van der Waals surface area contributed by atoms with Crippen LogP contribution in [0.5, 0.6) is 0 Å². The fraction of sp³-hybridized carbons (Fsp3) is 0.500. The predicted octanol–water partition coefficient (Wildman–Crippen LogP) is 3.39. The molecule has 1 aromatic rings. The van der Waals surface area contributed by atoms with Crippen LogP contribution < -0.4 is 10.6 Å². The molecule has 0 radical (unpaired) electrons. The molecule has 2 N–H and O–H groups in total. The molecule has 0 aromatic heterocycles. The Labute approximate surface area is 124 Å². The van der Waals surface area contributed by atoms with E-state index in [4.69, 9.17) is 23.2 Å². The second-order valence-electron chi connectivity index (χ2n) is 5.46. The summed E-state index contributed by atoms with van der Waals surface area (Å²) in [5.41, 5.74) is 0.748. The maximum atomic E-state index is 11.6. The number of rotatable bonds is 5. The minimum Gasteiger partial charge on any atom is -0.351 e. The van der Waals surface area contributed by atoms with Gasteiger partial charge in [0.2, 0.25) is 5.91 Å². The first-order valence-electron chi connectivity index (χ1n) is 6.23. The van der Waals surface area contributed by atoms with Gasteiger partial charge in [-0.3, -0.25) is 4.79 Å². The molecule has 0 spiro atoms. The third-order valence-corrected chi connectivity index (χ3v) is 2.97. The molecule has 0 unspecified atom stereocenters. The Kier molecular flexibility index (Phi) is 6.11. The zero-order chi connectivity index (χ0) is 14.5. The standard InChI is InChI=1S/C14H20Cl2N2O/c1-14(2,3)18-13(19)6-7-17-9-10-8-11(15)4-5-12(10)16/h4-5,8,17H,6-7,9H2,1-3H3,(H,18,19). The van der Waals surface area contributed by atoms with Gasteiger partial charge in [-0.15, -0.1) is 0 Å². The number of hydrogen-bond acceptors (Lipinski definition) is 2. The van der Waals surface area contributed by atoms with Crippen molar-refractivity contribution in [3.63, 3.8) is 0 Å². The van der Waals surface area contributed by atoms with Crippen molar-refractivity contribution in [3.8, 4) is 0 Å². The zero-order valence-corrected chi connectivity index (χ0v) is 13.0. The minimum atomic E-state index is -0.187. The van der Waals surface area contributed by atoms with E-state index < -0.39 is 0 Å². The maximum absolute atomic E-state index is 11.6. The van der Waals surface area contributed by atoms with E-state index in [0.29, 0.717) is 29.6 Å². The van der Waals surface area contributed by atoms with Crippen molar-refractivity contribution < 1.29 is 4.79 Å². The molecule has 0 aliphatic rings. The maximum Gasteiger partial charge on any atom is 0.221 e. The van der Waals surface area contributed by atoms with Crippen molar-refractivity contribution in [2.24, 2.45) is 0 Å². The van der Waals surface area contributed by atoms with E-state index in [0.717, 1.165) is 5.56 Å². The molecule has 0 bridgehead atoms. The van der Waals surface area contributed by atoms with Gasteiger partial charge in [0.05, 0.1) is 0 Å². The summed E-state index contributed by atoms with van der Waals surface area (Å²) in [4.78, 5) is 11.6. The molecule has 0 fully saturated rings. The van der Waals surface area contributed by atoms with Gasteiger partial charge in [0.15, 0.2) is 0 Å². The molecule has 0 aliphatic heterocycles. The molecule has 1 aromatic carbocycles. The van der Waals surface area contributed by atoms with Crippen LogP contribution in [0.3, 0.4) is 0 Å². The highest BCUT2D eigenvalue weighted by Gasteiger charge is 2.12. The number of halogens is 2. The zero-order valence-electron chi connectivity index (χ0n) is 11.5. The van der Waals surface area contributed by atoms with Gasteiger partial charge in [0.1, 0.15) is 0 Å². The van der Waals surface area contributed by atoms with Crippen LogP contribution in [0.2, 0.25) is 10.0 Å². The van der Waals surface area contributed by atoms with Crippen molar-refractivity contribution >= 4 is 29.1 Å². The van der Waals surface area contributed by atoms with E-state index in [-0.39, 0.29) is 11.4 Å². The molecule has 0 heterocycles.